The zero-order valence-electron chi connectivity index (χ0n) is 19.4. The number of alkyl halides is 4. The molecule has 0 unspecified atom stereocenters. The predicted molar refractivity (Wildman–Crippen MR) is 124 cm³/mol. The number of aliphatic hydroxyl groups excluding tert-OH is 2. The first-order valence-corrected chi connectivity index (χ1v) is 11.7. The highest BCUT2D eigenvalue weighted by molar-refractivity contribution is 5.92. The Labute approximate surface area is 203 Å². The smallest absolute Gasteiger partial charge is 0.391 e. The highest BCUT2D eigenvalue weighted by Crippen LogP contribution is 2.37. The van der Waals surface area contributed by atoms with Crippen LogP contribution in [0, 0.1) is 0 Å². The largest absolute Gasteiger partial charge is 0.410 e. The lowest BCUT2D eigenvalue weighted by Gasteiger charge is -2.32. The fourth-order valence-corrected chi connectivity index (χ4v) is 4.46. The minimum absolute atomic E-state index is 0.0443. The van der Waals surface area contributed by atoms with Gasteiger partial charge in [-0.15, -0.1) is 0 Å². The maximum Gasteiger partial charge on any atom is 0.410 e. The van der Waals surface area contributed by atoms with Crippen LogP contribution in [-0.4, -0.2) is 85.7 Å². The summed E-state index contributed by atoms with van der Waals surface area (Å²) in [5.74, 6) is 1.18. The van der Waals surface area contributed by atoms with E-state index in [2.05, 4.69) is 25.4 Å². The van der Waals surface area contributed by atoms with Crippen LogP contribution in [0.4, 0.5) is 41.0 Å². The normalized spacial score (nSPS) is 23.9. The van der Waals surface area contributed by atoms with Crippen molar-refractivity contribution in [1.82, 2.24) is 24.7 Å². The highest BCUT2D eigenvalue weighted by atomic mass is 19.4. The third kappa shape index (κ3) is 4.74. The van der Waals surface area contributed by atoms with Crippen LogP contribution in [0.25, 0.3) is 10.9 Å². The number of β-amino-alcohol motifs (C(OH)–C–C–N with tert-alkyl or cyclic N) is 1. The van der Waals surface area contributed by atoms with Crippen LogP contribution in [-0.2, 0) is 0 Å². The first-order chi connectivity index (χ1) is 17.1. The summed E-state index contributed by atoms with van der Waals surface area (Å²) >= 11 is 0. The van der Waals surface area contributed by atoms with E-state index in [1.807, 2.05) is 0 Å². The molecule has 10 nitrogen and oxygen atoms in total. The molecule has 0 amide bonds. The summed E-state index contributed by atoms with van der Waals surface area (Å²) in [5.41, 5.74) is 0.230. The third-order valence-electron chi connectivity index (χ3n) is 6.56. The SMILES string of the molecule is C[C@@H](n1nc(N2CC[C@@H](O)C2)c2cnc(Nc3ccnc(N4CC[C@H](O)[C@H](F)C4)n3)cc21)C(F)(F)F. The van der Waals surface area contributed by atoms with Gasteiger partial charge in [-0.1, -0.05) is 0 Å². The van der Waals surface area contributed by atoms with Gasteiger partial charge in [0.1, 0.15) is 23.8 Å². The molecule has 3 N–H and O–H groups in total. The second-order valence-corrected chi connectivity index (χ2v) is 9.15. The summed E-state index contributed by atoms with van der Waals surface area (Å²) in [6.45, 7) is 2.14. The zero-order valence-corrected chi connectivity index (χ0v) is 19.4. The first-order valence-electron chi connectivity index (χ1n) is 11.7. The number of aliphatic hydroxyl groups is 2. The Bertz CT molecular complexity index is 1240. The fraction of sp³-hybridized carbons (Fsp3) is 0.545. The van der Waals surface area contributed by atoms with Gasteiger partial charge in [0.15, 0.2) is 5.82 Å². The number of halogens is 4. The van der Waals surface area contributed by atoms with E-state index < -0.39 is 30.6 Å². The van der Waals surface area contributed by atoms with Crippen molar-refractivity contribution in [2.45, 2.75) is 50.4 Å². The maximum atomic E-state index is 14.0. The van der Waals surface area contributed by atoms with Crippen LogP contribution < -0.4 is 15.1 Å². The third-order valence-corrected chi connectivity index (χ3v) is 6.56. The van der Waals surface area contributed by atoms with Crippen molar-refractivity contribution in [2.75, 3.05) is 41.3 Å². The lowest BCUT2D eigenvalue weighted by Crippen LogP contribution is -2.45. The summed E-state index contributed by atoms with van der Waals surface area (Å²) in [7, 11) is 0. The molecular formula is C22H26F4N8O2. The molecule has 0 aliphatic carbocycles. The van der Waals surface area contributed by atoms with Gasteiger partial charge < -0.3 is 25.3 Å². The van der Waals surface area contributed by atoms with Crippen LogP contribution >= 0.6 is 0 Å². The van der Waals surface area contributed by atoms with E-state index in [1.54, 1.807) is 15.9 Å². The second kappa shape index (κ2) is 9.32. The molecule has 0 bridgehead atoms. The number of piperidine rings is 1. The number of pyridine rings is 1. The molecule has 5 rings (SSSR count). The summed E-state index contributed by atoms with van der Waals surface area (Å²) < 4.78 is 55.7. The standard InChI is InChI=1S/C22H26F4N8O2/c1-12(22(24,25)26)34-16-8-19(28-9-14(16)20(31-34)32-6-3-13(35)10-32)29-18-2-5-27-21(30-18)33-7-4-17(36)15(23)11-33/h2,5,8-9,12-13,15,17,35-36H,3-4,6-7,10-11H2,1H3,(H,27,28,29,30)/t12-,13-,15-,17+/m1/s1. The lowest BCUT2D eigenvalue weighted by molar-refractivity contribution is -0.164. The van der Waals surface area contributed by atoms with E-state index in [-0.39, 0.29) is 36.8 Å². The molecule has 2 saturated heterocycles. The Kier molecular flexibility index (Phi) is 6.32. The number of rotatable bonds is 5. The number of hydrogen-bond donors (Lipinski definition) is 3. The van der Waals surface area contributed by atoms with Crippen molar-refractivity contribution in [1.29, 1.82) is 0 Å². The van der Waals surface area contributed by atoms with Gasteiger partial charge in [-0.2, -0.15) is 23.3 Å². The second-order valence-electron chi connectivity index (χ2n) is 9.15. The molecule has 3 aromatic rings. The van der Waals surface area contributed by atoms with Gasteiger partial charge in [-0.3, -0.25) is 4.68 Å². The maximum absolute atomic E-state index is 14.0. The van der Waals surface area contributed by atoms with Crippen molar-refractivity contribution >= 4 is 34.3 Å². The number of anilines is 4. The topological polar surface area (TPSA) is 115 Å². The molecule has 0 aromatic carbocycles. The van der Waals surface area contributed by atoms with Crippen molar-refractivity contribution in [3.05, 3.63) is 24.5 Å². The summed E-state index contributed by atoms with van der Waals surface area (Å²) in [5, 5.41) is 27.2. The number of fused-ring (bicyclic) bond motifs is 1. The lowest BCUT2D eigenvalue weighted by atomic mass is 10.1. The Morgan fingerprint density at radius 2 is 1.86 bits per heavy atom. The average Bonchev–Trinajstić information content (AvgIpc) is 3.43. The predicted octanol–water partition coefficient (Wildman–Crippen LogP) is 2.57. The minimum Gasteiger partial charge on any atom is -0.391 e. The van der Waals surface area contributed by atoms with Crippen molar-refractivity contribution in [3.63, 3.8) is 0 Å². The van der Waals surface area contributed by atoms with Crippen LogP contribution in [0.15, 0.2) is 24.5 Å². The summed E-state index contributed by atoms with van der Waals surface area (Å²) in [4.78, 5) is 16.3. The Morgan fingerprint density at radius 1 is 1.08 bits per heavy atom. The summed E-state index contributed by atoms with van der Waals surface area (Å²) in [6, 6.07) is 1.15. The monoisotopic (exact) mass is 510 g/mol. The molecule has 0 saturated carbocycles. The molecule has 36 heavy (non-hydrogen) atoms. The van der Waals surface area contributed by atoms with E-state index in [4.69, 9.17) is 0 Å². The van der Waals surface area contributed by atoms with Crippen molar-refractivity contribution in [3.8, 4) is 0 Å². The van der Waals surface area contributed by atoms with Gasteiger partial charge in [0, 0.05) is 38.1 Å². The van der Waals surface area contributed by atoms with Crippen molar-refractivity contribution < 1.29 is 27.8 Å². The molecule has 5 heterocycles. The van der Waals surface area contributed by atoms with E-state index in [9.17, 15) is 27.8 Å². The van der Waals surface area contributed by atoms with Gasteiger partial charge in [0.25, 0.3) is 0 Å². The summed E-state index contributed by atoms with van der Waals surface area (Å²) in [6.07, 6.45) is -3.83. The van der Waals surface area contributed by atoms with Gasteiger partial charge in [0.2, 0.25) is 5.95 Å². The Hall–Kier alpha value is -3.26. The fourth-order valence-electron chi connectivity index (χ4n) is 4.46. The van der Waals surface area contributed by atoms with E-state index in [0.717, 1.165) is 11.6 Å². The average molecular weight is 510 g/mol. The van der Waals surface area contributed by atoms with Crippen LogP contribution in [0.2, 0.25) is 0 Å². The van der Waals surface area contributed by atoms with Gasteiger partial charge in [-0.25, -0.2) is 14.4 Å². The van der Waals surface area contributed by atoms with E-state index in [0.29, 0.717) is 36.5 Å². The molecular weight excluding hydrogens is 484 g/mol. The Morgan fingerprint density at radius 3 is 2.56 bits per heavy atom. The number of hydrogen-bond acceptors (Lipinski definition) is 9. The highest BCUT2D eigenvalue weighted by Gasteiger charge is 2.40. The first kappa shape index (κ1) is 24.4. The molecule has 3 aromatic heterocycles. The van der Waals surface area contributed by atoms with E-state index >= 15 is 0 Å². The van der Waals surface area contributed by atoms with Gasteiger partial charge in [-0.05, 0) is 25.8 Å². The molecule has 4 atom stereocenters. The molecule has 2 aliphatic rings. The molecule has 194 valence electrons. The molecule has 14 heteroatoms. The minimum atomic E-state index is -4.52. The van der Waals surface area contributed by atoms with Gasteiger partial charge in [0.05, 0.1) is 29.7 Å². The molecule has 0 radical (unpaired) electrons. The quantitative estimate of drug-likeness (QED) is 0.446. The van der Waals surface area contributed by atoms with Crippen LogP contribution in [0.1, 0.15) is 25.8 Å². The molecule has 0 spiro atoms. The van der Waals surface area contributed by atoms with Gasteiger partial charge >= 0.3 is 6.18 Å². The van der Waals surface area contributed by atoms with E-state index in [1.165, 1.54) is 18.5 Å². The van der Waals surface area contributed by atoms with Crippen LogP contribution in [0.3, 0.4) is 0 Å². The molecule has 2 aliphatic heterocycles. The molecule has 2 fully saturated rings. The van der Waals surface area contributed by atoms with Crippen LogP contribution in [0.5, 0.6) is 0 Å². The zero-order chi connectivity index (χ0) is 25.6. The Balaban J connectivity index is 1.46. The number of aromatic nitrogens is 5. The van der Waals surface area contributed by atoms with Crippen molar-refractivity contribution in [2.24, 2.45) is 0 Å². The number of nitrogens with zero attached hydrogens (tertiary/aromatic N) is 7. The number of nitrogens with one attached hydrogen (secondary N) is 1.